The molecule has 0 aromatic carbocycles. The van der Waals surface area contributed by atoms with E-state index in [1.54, 1.807) is 0 Å². The molecule has 0 aromatic heterocycles. The molecule has 2 nitrogen and oxygen atoms in total. The molecule has 0 rings (SSSR count). The second kappa shape index (κ2) is 1.93. The number of aliphatic hydroxyl groups is 1. The minimum atomic E-state index is -0.231. The molecule has 0 unspecified atom stereocenters. The molecule has 3 N–H and O–H groups in total. The van der Waals surface area contributed by atoms with E-state index in [1.165, 1.54) is 6.08 Å². The summed E-state index contributed by atoms with van der Waals surface area (Å²) >= 11 is 0. The first-order valence-corrected chi connectivity index (χ1v) is 1.21. The van der Waals surface area contributed by atoms with Crippen LogP contribution in [0.1, 0.15) is 0 Å². The van der Waals surface area contributed by atoms with Gasteiger partial charge in [-0.3, -0.25) is 5.73 Å². The van der Waals surface area contributed by atoms with Crippen molar-refractivity contribution >= 4 is 0 Å². The Morgan fingerprint density at radius 2 is 2.20 bits per heavy atom. The Morgan fingerprint density at radius 3 is 2.20 bits per heavy atom. The first kappa shape index (κ1) is 4.66. The molecule has 0 atom stereocenters. The topological polar surface area (TPSA) is 46.2 Å². The second-order valence-electron chi connectivity index (χ2n) is 0.629. The molecular formula is C3H6NO. The summed E-state index contributed by atoms with van der Waals surface area (Å²) in [5.74, 6) is 0. The summed E-state index contributed by atoms with van der Waals surface area (Å²) in [6, 6.07) is 0. The fourth-order valence-electron chi connectivity index (χ4n) is 0. The van der Waals surface area contributed by atoms with Crippen LogP contribution >= 0.6 is 0 Å². The molecule has 0 aliphatic carbocycles. The van der Waals surface area contributed by atoms with Crippen LogP contribution < -0.4 is 5.73 Å². The van der Waals surface area contributed by atoms with E-state index in [4.69, 9.17) is 5.11 Å². The standard InChI is InChI=1S/C3H6NO/c1-2-3(4)5/h2,5H,1,4H2. The SMILES string of the molecule is C=C[C](N)O. The van der Waals surface area contributed by atoms with Gasteiger partial charge >= 0.3 is 0 Å². The number of rotatable bonds is 1. The van der Waals surface area contributed by atoms with Crippen molar-refractivity contribution in [3.8, 4) is 0 Å². The highest BCUT2D eigenvalue weighted by Gasteiger charge is 1.78. The summed E-state index contributed by atoms with van der Waals surface area (Å²) in [5.41, 5.74) is 4.65. The van der Waals surface area contributed by atoms with Crippen molar-refractivity contribution in [3.05, 3.63) is 18.9 Å². The average molecular weight is 72.1 g/mol. The Morgan fingerprint density at radius 1 is 2.00 bits per heavy atom. The quantitative estimate of drug-likeness (QED) is 0.457. The molecule has 0 aliphatic heterocycles. The van der Waals surface area contributed by atoms with E-state index < -0.39 is 0 Å². The van der Waals surface area contributed by atoms with E-state index in [9.17, 15) is 0 Å². The van der Waals surface area contributed by atoms with E-state index in [-0.39, 0.29) is 6.23 Å². The lowest BCUT2D eigenvalue weighted by Gasteiger charge is -1.83. The van der Waals surface area contributed by atoms with E-state index in [1.807, 2.05) is 0 Å². The first-order chi connectivity index (χ1) is 2.27. The van der Waals surface area contributed by atoms with Gasteiger partial charge in [0, 0.05) is 0 Å². The molecule has 2 heteroatoms. The van der Waals surface area contributed by atoms with Crippen molar-refractivity contribution in [1.29, 1.82) is 0 Å². The molecule has 0 heterocycles. The van der Waals surface area contributed by atoms with Crippen LogP contribution in [-0.4, -0.2) is 5.11 Å². The third-order valence-corrected chi connectivity index (χ3v) is 0.209. The Hall–Kier alpha value is -0.340. The molecule has 0 spiro atoms. The molecule has 5 heavy (non-hydrogen) atoms. The van der Waals surface area contributed by atoms with E-state index >= 15 is 0 Å². The van der Waals surface area contributed by atoms with Gasteiger partial charge in [-0.1, -0.05) is 6.58 Å². The Bertz CT molecular complexity index is 33.9. The Kier molecular flexibility index (Phi) is 1.80. The van der Waals surface area contributed by atoms with Gasteiger partial charge in [0.25, 0.3) is 0 Å². The average Bonchev–Trinajstić information content (AvgIpc) is 1.38. The van der Waals surface area contributed by atoms with Crippen molar-refractivity contribution in [1.82, 2.24) is 0 Å². The zero-order valence-electron chi connectivity index (χ0n) is 2.81. The number of hydrogen-bond acceptors (Lipinski definition) is 2. The first-order valence-electron chi connectivity index (χ1n) is 1.21. The van der Waals surface area contributed by atoms with Crippen molar-refractivity contribution in [2.24, 2.45) is 5.73 Å². The monoisotopic (exact) mass is 72.0 g/mol. The van der Waals surface area contributed by atoms with Crippen LogP contribution in [0.5, 0.6) is 0 Å². The summed E-state index contributed by atoms with van der Waals surface area (Å²) in [7, 11) is 0. The maximum atomic E-state index is 7.94. The van der Waals surface area contributed by atoms with Gasteiger partial charge in [-0.2, -0.15) is 0 Å². The van der Waals surface area contributed by atoms with Crippen LogP contribution in [-0.2, 0) is 0 Å². The number of nitrogens with two attached hydrogens (primary N) is 1. The Balaban J connectivity index is 2.83. The van der Waals surface area contributed by atoms with Crippen LogP contribution in [0.2, 0.25) is 0 Å². The third-order valence-electron chi connectivity index (χ3n) is 0.209. The molecule has 0 aliphatic rings. The summed E-state index contributed by atoms with van der Waals surface area (Å²) in [6.07, 6.45) is 0.935. The van der Waals surface area contributed by atoms with E-state index in [2.05, 4.69) is 12.3 Å². The van der Waals surface area contributed by atoms with Crippen molar-refractivity contribution < 1.29 is 5.11 Å². The number of aliphatic hydroxyl groups excluding tert-OH is 1. The maximum Gasteiger partial charge on any atom is 0.179 e. The van der Waals surface area contributed by atoms with Gasteiger partial charge in [0.15, 0.2) is 6.23 Å². The minimum Gasteiger partial charge on any atom is -0.368 e. The van der Waals surface area contributed by atoms with E-state index in [0.29, 0.717) is 0 Å². The predicted molar refractivity (Wildman–Crippen MR) is 19.6 cm³/mol. The highest BCUT2D eigenvalue weighted by molar-refractivity contribution is 4.88. The molecule has 29 valence electrons. The lowest BCUT2D eigenvalue weighted by atomic mass is 10.6. The normalized spacial score (nSPS) is 8.60. The fraction of sp³-hybridized carbons (Fsp3) is 0. The zero-order valence-corrected chi connectivity index (χ0v) is 2.81. The van der Waals surface area contributed by atoms with E-state index in [0.717, 1.165) is 0 Å². The van der Waals surface area contributed by atoms with Crippen molar-refractivity contribution in [2.75, 3.05) is 0 Å². The molecule has 0 saturated heterocycles. The molecule has 0 aromatic rings. The highest BCUT2D eigenvalue weighted by atomic mass is 16.3. The van der Waals surface area contributed by atoms with Gasteiger partial charge in [-0.15, -0.1) is 0 Å². The molecular weight excluding hydrogens is 66.0 g/mol. The molecule has 0 bridgehead atoms. The third kappa shape index (κ3) is 3.66. The zero-order chi connectivity index (χ0) is 4.28. The molecule has 1 radical (unpaired) electrons. The van der Waals surface area contributed by atoms with Crippen LogP contribution in [0.15, 0.2) is 12.7 Å². The number of hydrogen-bond donors (Lipinski definition) is 2. The van der Waals surface area contributed by atoms with Gasteiger partial charge in [0.05, 0.1) is 0 Å². The van der Waals surface area contributed by atoms with Crippen molar-refractivity contribution in [3.63, 3.8) is 0 Å². The van der Waals surface area contributed by atoms with Crippen LogP contribution in [0, 0.1) is 6.23 Å². The van der Waals surface area contributed by atoms with Gasteiger partial charge in [0.2, 0.25) is 0 Å². The van der Waals surface area contributed by atoms with Crippen molar-refractivity contribution in [2.45, 2.75) is 0 Å². The second-order valence-corrected chi connectivity index (χ2v) is 0.629. The summed E-state index contributed by atoms with van der Waals surface area (Å²) in [5, 5.41) is 7.94. The highest BCUT2D eigenvalue weighted by Crippen LogP contribution is 1.73. The molecule has 0 amide bonds. The van der Waals surface area contributed by atoms with Crippen LogP contribution in [0.4, 0.5) is 0 Å². The minimum absolute atomic E-state index is 0.231. The predicted octanol–water partition coefficient (Wildman–Crippen LogP) is -0.00691. The van der Waals surface area contributed by atoms with Crippen LogP contribution in [0.25, 0.3) is 0 Å². The van der Waals surface area contributed by atoms with Gasteiger partial charge in [0.1, 0.15) is 0 Å². The van der Waals surface area contributed by atoms with Gasteiger partial charge < -0.3 is 5.11 Å². The lowest BCUT2D eigenvalue weighted by molar-refractivity contribution is 0.338. The summed E-state index contributed by atoms with van der Waals surface area (Å²) < 4.78 is 0. The largest absolute Gasteiger partial charge is 0.368 e. The smallest absolute Gasteiger partial charge is 0.179 e. The molecule has 0 saturated carbocycles. The molecule has 0 fully saturated rings. The fourth-order valence-corrected chi connectivity index (χ4v) is 0. The maximum absolute atomic E-state index is 7.94. The summed E-state index contributed by atoms with van der Waals surface area (Å²) in [6.45, 7) is 3.15. The van der Waals surface area contributed by atoms with Crippen LogP contribution in [0.3, 0.4) is 0 Å². The van der Waals surface area contributed by atoms with Gasteiger partial charge in [-0.05, 0) is 6.08 Å². The Labute approximate surface area is 30.9 Å². The van der Waals surface area contributed by atoms with Gasteiger partial charge in [-0.25, -0.2) is 0 Å². The lowest BCUT2D eigenvalue weighted by Crippen LogP contribution is -2.02. The summed E-state index contributed by atoms with van der Waals surface area (Å²) in [4.78, 5) is 0.